The largest absolute Gasteiger partial charge is 0.481 e. The molecule has 0 bridgehead atoms. The highest BCUT2D eigenvalue weighted by Gasteiger charge is 2.20. The maximum absolute atomic E-state index is 10.8. The van der Waals surface area contributed by atoms with E-state index in [-0.39, 0.29) is 5.75 Å². The van der Waals surface area contributed by atoms with Gasteiger partial charge in [0.25, 0.3) is 0 Å². The van der Waals surface area contributed by atoms with Gasteiger partial charge in [0.2, 0.25) is 0 Å². The fourth-order valence-corrected chi connectivity index (χ4v) is 4.64. The first-order chi connectivity index (χ1) is 10.1. The minimum absolute atomic E-state index is 0.0227. The number of nitrogens with zero attached hydrogens (tertiary/aromatic N) is 2. The average Bonchev–Trinajstić information content (AvgIpc) is 3.06. The number of benzene rings is 1. The number of aromatic nitrogens is 2. The lowest BCUT2D eigenvalue weighted by atomic mass is 10.2. The summed E-state index contributed by atoms with van der Waals surface area (Å²) in [6.07, 6.45) is 2.45. The number of hydrogen-bond donors (Lipinski definition) is 1. The Bertz CT molecular complexity index is 668. The first-order valence-corrected chi connectivity index (χ1v) is 9.16. The van der Waals surface area contributed by atoms with Crippen molar-refractivity contribution < 1.29 is 9.90 Å². The molecule has 1 unspecified atom stereocenters. The van der Waals surface area contributed by atoms with Crippen molar-refractivity contribution in [2.24, 2.45) is 0 Å². The summed E-state index contributed by atoms with van der Waals surface area (Å²) in [4.78, 5) is 15.4. The Morgan fingerprint density at radius 3 is 3.14 bits per heavy atom. The molecule has 1 fully saturated rings. The lowest BCUT2D eigenvalue weighted by Crippen LogP contribution is -2.11. The van der Waals surface area contributed by atoms with Crippen LogP contribution in [-0.4, -0.2) is 37.4 Å². The van der Waals surface area contributed by atoms with Gasteiger partial charge in [-0.2, -0.15) is 11.8 Å². The Balaban J connectivity index is 1.96. The summed E-state index contributed by atoms with van der Waals surface area (Å²) < 4.78 is 2.12. The third-order valence-corrected chi connectivity index (χ3v) is 5.99. The number of carbonyl (C=O) groups is 1. The molecule has 0 spiro atoms. The molecule has 3 rings (SSSR count). The Morgan fingerprint density at radius 2 is 2.43 bits per heavy atom. The van der Waals surface area contributed by atoms with E-state index in [0.29, 0.717) is 10.3 Å². The summed E-state index contributed by atoms with van der Waals surface area (Å²) >= 11 is 9.35. The smallest absolute Gasteiger partial charge is 0.313 e. The van der Waals surface area contributed by atoms with Crippen molar-refractivity contribution in [1.29, 1.82) is 0 Å². The number of hydrogen-bond acceptors (Lipinski definition) is 4. The van der Waals surface area contributed by atoms with Crippen LogP contribution in [0.5, 0.6) is 0 Å². The zero-order valence-corrected chi connectivity index (χ0v) is 13.7. The SMILES string of the molecule is O=C(O)CSc1nc2ccc(Cl)cc2n1CC1CCCS1. The molecular formula is C14H15ClN2O2S2. The van der Waals surface area contributed by atoms with Crippen molar-refractivity contribution in [3.05, 3.63) is 23.2 Å². The van der Waals surface area contributed by atoms with E-state index in [1.165, 1.54) is 30.4 Å². The fourth-order valence-electron chi connectivity index (χ4n) is 2.48. The van der Waals surface area contributed by atoms with Gasteiger partial charge in [-0.25, -0.2) is 4.98 Å². The van der Waals surface area contributed by atoms with E-state index in [2.05, 4.69) is 9.55 Å². The van der Waals surface area contributed by atoms with E-state index < -0.39 is 5.97 Å². The average molecular weight is 343 g/mol. The number of carboxylic acid groups (broad SMARTS) is 1. The van der Waals surface area contributed by atoms with E-state index >= 15 is 0 Å². The Morgan fingerprint density at radius 1 is 1.57 bits per heavy atom. The Kier molecular flexibility index (Phi) is 4.66. The minimum atomic E-state index is -0.827. The van der Waals surface area contributed by atoms with Gasteiger partial charge in [-0.15, -0.1) is 0 Å². The second kappa shape index (κ2) is 6.50. The molecule has 2 heterocycles. The fraction of sp³-hybridized carbons (Fsp3) is 0.429. The first kappa shape index (κ1) is 15.1. The van der Waals surface area contributed by atoms with Crippen LogP contribution in [0.2, 0.25) is 5.02 Å². The van der Waals surface area contributed by atoms with Crippen molar-refractivity contribution in [3.63, 3.8) is 0 Å². The molecule has 1 aromatic carbocycles. The van der Waals surface area contributed by atoms with Gasteiger partial charge in [0.1, 0.15) is 0 Å². The van der Waals surface area contributed by atoms with Gasteiger partial charge in [-0.05, 0) is 36.8 Å². The van der Waals surface area contributed by atoms with Gasteiger partial charge in [-0.1, -0.05) is 23.4 Å². The van der Waals surface area contributed by atoms with E-state index in [0.717, 1.165) is 22.7 Å². The van der Waals surface area contributed by atoms with Crippen LogP contribution in [-0.2, 0) is 11.3 Å². The summed E-state index contributed by atoms with van der Waals surface area (Å²) in [5.41, 5.74) is 1.86. The van der Waals surface area contributed by atoms with Crippen LogP contribution in [0.25, 0.3) is 11.0 Å². The molecule has 1 saturated heterocycles. The molecule has 1 aromatic heterocycles. The van der Waals surface area contributed by atoms with E-state index in [9.17, 15) is 4.79 Å². The molecule has 1 atom stereocenters. The molecule has 7 heteroatoms. The van der Waals surface area contributed by atoms with Gasteiger partial charge in [-0.3, -0.25) is 4.79 Å². The topological polar surface area (TPSA) is 55.1 Å². The van der Waals surface area contributed by atoms with Gasteiger partial charge < -0.3 is 9.67 Å². The van der Waals surface area contributed by atoms with Crippen molar-refractivity contribution in [3.8, 4) is 0 Å². The van der Waals surface area contributed by atoms with Gasteiger partial charge in [0, 0.05) is 16.8 Å². The van der Waals surface area contributed by atoms with E-state index in [1.807, 2.05) is 30.0 Å². The van der Waals surface area contributed by atoms with Crippen LogP contribution >= 0.6 is 35.1 Å². The number of fused-ring (bicyclic) bond motifs is 1. The number of thioether (sulfide) groups is 2. The molecule has 21 heavy (non-hydrogen) atoms. The van der Waals surface area contributed by atoms with Gasteiger partial charge in [0.05, 0.1) is 16.8 Å². The lowest BCUT2D eigenvalue weighted by molar-refractivity contribution is -0.133. The number of halogens is 1. The summed E-state index contributed by atoms with van der Waals surface area (Å²) in [6.45, 7) is 0.865. The van der Waals surface area contributed by atoms with Crippen molar-refractivity contribution in [1.82, 2.24) is 9.55 Å². The number of rotatable bonds is 5. The van der Waals surface area contributed by atoms with E-state index in [4.69, 9.17) is 16.7 Å². The molecule has 2 aromatic rings. The second-order valence-electron chi connectivity index (χ2n) is 4.96. The maximum Gasteiger partial charge on any atom is 0.313 e. The van der Waals surface area contributed by atoms with Crippen LogP contribution in [0.3, 0.4) is 0 Å². The Hall–Kier alpha value is -0.850. The predicted molar refractivity (Wildman–Crippen MR) is 88.6 cm³/mol. The number of carboxylic acids is 1. The summed E-state index contributed by atoms with van der Waals surface area (Å²) in [5, 5.41) is 10.9. The predicted octanol–water partition coefficient (Wildman–Crippen LogP) is 3.76. The Labute approximate surface area is 136 Å². The molecule has 0 aliphatic carbocycles. The third-order valence-electron chi connectivity index (χ3n) is 3.41. The highest BCUT2D eigenvalue weighted by molar-refractivity contribution is 8.00. The van der Waals surface area contributed by atoms with Gasteiger partial charge in [0.15, 0.2) is 5.16 Å². The van der Waals surface area contributed by atoms with Crippen LogP contribution in [0.1, 0.15) is 12.8 Å². The minimum Gasteiger partial charge on any atom is -0.481 e. The van der Waals surface area contributed by atoms with Crippen LogP contribution in [0.4, 0.5) is 0 Å². The molecule has 1 aliphatic rings. The number of imidazole rings is 1. The van der Waals surface area contributed by atoms with Crippen molar-refractivity contribution in [2.75, 3.05) is 11.5 Å². The van der Waals surface area contributed by atoms with Crippen LogP contribution in [0.15, 0.2) is 23.4 Å². The normalized spacial score (nSPS) is 18.4. The van der Waals surface area contributed by atoms with Crippen LogP contribution in [0, 0.1) is 0 Å². The second-order valence-corrected chi connectivity index (χ2v) is 7.74. The van der Waals surface area contributed by atoms with E-state index in [1.54, 1.807) is 0 Å². The molecular weight excluding hydrogens is 328 g/mol. The monoisotopic (exact) mass is 342 g/mol. The summed E-state index contributed by atoms with van der Waals surface area (Å²) in [7, 11) is 0. The van der Waals surface area contributed by atoms with Crippen molar-refractivity contribution in [2.45, 2.75) is 29.8 Å². The molecule has 0 saturated carbocycles. The summed E-state index contributed by atoms with van der Waals surface area (Å²) in [5.74, 6) is 0.400. The summed E-state index contributed by atoms with van der Waals surface area (Å²) in [6, 6.07) is 5.62. The molecule has 0 amide bonds. The maximum atomic E-state index is 10.8. The quantitative estimate of drug-likeness (QED) is 0.838. The van der Waals surface area contributed by atoms with Crippen molar-refractivity contribution >= 4 is 52.1 Å². The van der Waals surface area contributed by atoms with Gasteiger partial charge >= 0.3 is 5.97 Å². The third kappa shape index (κ3) is 3.49. The molecule has 1 aliphatic heterocycles. The molecule has 0 radical (unpaired) electrons. The molecule has 112 valence electrons. The highest BCUT2D eigenvalue weighted by atomic mass is 35.5. The van der Waals surface area contributed by atoms with Crippen LogP contribution < -0.4 is 0 Å². The molecule has 4 nitrogen and oxygen atoms in total. The zero-order valence-electron chi connectivity index (χ0n) is 11.3. The lowest BCUT2D eigenvalue weighted by Gasteiger charge is -2.13. The standard InChI is InChI=1S/C14H15ClN2O2S2/c15-9-3-4-11-12(6-9)17(7-10-2-1-5-20-10)14(16-11)21-8-13(18)19/h3-4,6,10H,1-2,5,7-8H2,(H,18,19). The first-order valence-electron chi connectivity index (χ1n) is 6.75. The zero-order chi connectivity index (χ0) is 14.8. The highest BCUT2D eigenvalue weighted by Crippen LogP contribution is 2.32. The number of aliphatic carboxylic acids is 1. The molecule has 1 N–H and O–H groups in total.